The predicted molar refractivity (Wildman–Crippen MR) is 101 cm³/mol. The molecule has 0 spiro atoms. The lowest BCUT2D eigenvalue weighted by Gasteiger charge is -2.12. The van der Waals surface area contributed by atoms with Gasteiger partial charge in [0.25, 0.3) is 0 Å². The Kier molecular flexibility index (Phi) is 7.02. The molecule has 6 heteroatoms. The summed E-state index contributed by atoms with van der Waals surface area (Å²) in [5.41, 5.74) is 3.10. The molecule has 0 saturated heterocycles. The van der Waals surface area contributed by atoms with Gasteiger partial charge in [-0.2, -0.15) is 0 Å². The Balaban J connectivity index is 1.73. The zero-order chi connectivity index (χ0) is 18.9. The smallest absolute Gasteiger partial charge is 0.337 e. The third-order valence-electron chi connectivity index (χ3n) is 3.80. The van der Waals surface area contributed by atoms with Crippen molar-refractivity contribution in [2.75, 3.05) is 25.6 Å². The van der Waals surface area contributed by atoms with E-state index in [0.29, 0.717) is 30.8 Å². The number of esters is 1. The second-order valence-corrected chi connectivity index (χ2v) is 5.88. The molecule has 0 saturated carbocycles. The fourth-order valence-corrected chi connectivity index (χ4v) is 2.49. The molecule has 0 radical (unpaired) electrons. The van der Waals surface area contributed by atoms with Crippen LogP contribution in [-0.4, -0.2) is 32.3 Å². The van der Waals surface area contributed by atoms with Crippen LogP contribution in [0.25, 0.3) is 0 Å². The van der Waals surface area contributed by atoms with Crippen LogP contribution in [0.4, 0.5) is 10.5 Å². The van der Waals surface area contributed by atoms with Crippen LogP contribution in [-0.2, 0) is 4.74 Å². The number of hydrogen-bond acceptors (Lipinski definition) is 4. The molecule has 2 aromatic carbocycles. The lowest BCUT2D eigenvalue weighted by molar-refractivity contribution is 0.0600. The van der Waals surface area contributed by atoms with E-state index in [1.807, 2.05) is 32.0 Å². The van der Waals surface area contributed by atoms with E-state index in [-0.39, 0.29) is 6.03 Å². The Morgan fingerprint density at radius 1 is 1.04 bits per heavy atom. The minimum atomic E-state index is -0.447. The van der Waals surface area contributed by atoms with Crippen molar-refractivity contribution in [3.63, 3.8) is 0 Å². The van der Waals surface area contributed by atoms with Gasteiger partial charge in [0.2, 0.25) is 0 Å². The van der Waals surface area contributed by atoms with Gasteiger partial charge in [-0.25, -0.2) is 9.59 Å². The number of rotatable bonds is 7. The van der Waals surface area contributed by atoms with Gasteiger partial charge in [0, 0.05) is 12.2 Å². The molecule has 0 unspecified atom stereocenters. The molecule has 2 aromatic rings. The average Bonchev–Trinajstić information content (AvgIpc) is 2.63. The number of methoxy groups -OCH3 is 1. The number of ether oxygens (including phenoxy) is 2. The highest BCUT2D eigenvalue weighted by atomic mass is 16.5. The summed E-state index contributed by atoms with van der Waals surface area (Å²) >= 11 is 0. The van der Waals surface area contributed by atoms with Crippen LogP contribution < -0.4 is 15.4 Å². The van der Waals surface area contributed by atoms with Crippen molar-refractivity contribution in [3.8, 4) is 5.75 Å². The Labute approximate surface area is 153 Å². The van der Waals surface area contributed by atoms with Crippen molar-refractivity contribution in [2.24, 2.45) is 0 Å². The van der Waals surface area contributed by atoms with E-state index in [1.54, 1.807) is 24.3 Å². The van der Waals surface area contributed by atoms with E-state index in [1.165, 1.54) is 7.11 Å². The molecule has 0 aromatic heterocycles. The van der Waals surface area contributed by atoms with E-state index in [9.17, 15) is 9.59 Å². The van der Waals surface area contributed by atoms with E-state index >= 15 is 0 Å². The molecule has 2 rings (SSSR count). The van der Waals surface area contributed by atoms with Gasteiger partial charge in [-0.05, 0) is 49.6 Å². The van der Waals surface area contributed by atoms with Crippen molar-refractivity contribution in [3.05, 3.63) is 59.2 Å². The van der Waals surface area contributed by atoms with Crippen molar-refractivity contribution in [1.29, 1.82) is 0 Å². The highest BCUT2D eigenvalue weighted by molar-refractivity contribution is 5.93. The first kappa shape index (κ1) is 19.3. The molecule has 0 heterocycles. The summed E-state index contributed by atoms with van der Waals surface area (Å²) in [4.78, 5) is 23.4. The van der Waals surface area contributed by atoms with Crippen molar-refractivity contribution in [1.82, 2.24) is 5.32 Å². The molecule has 0 atom stereocenters. The predicted octanol–water partition coefficient (Wildman–Crippen LogP) is 3.68. The van der Waals surface area contributed by atoms with E-state index in [2.05, 4.69) is 15.4 Å². The van der Waals surface area contributed by atoms with Crippen LogP contribution in [0.15, 0.2) is 42.5 Å². The maximum absolute atomic E-state index is 11.9. The van der Waals surface area contributed by atoms with Crippen LogP contribution in [0.2, 0.25) is 0 Å². The summed E-state index contributed by atoms with van der Waals surface area (Å²) in [7, 11) is 1.32. The Morgan fingerprint density at radius 3 is 2.42 bits per heavy atom. The van der Waals surface area contributed by atoms with E-state index in [0.717, 1.165) is 16.9 Å². The van der Waals surface area contributed by atoms with Crippen LogP contribution in [0.1, 0.15) is 27.9 Å². The first-order valence-electron chi connectivity index (χ1n) is 8.43. The minimum absolute atomic E-state index is 0.334. The number of carbonyl (C=O) groups is 2. The van der Waals surface area contributed by atoms with Crippen molar-refractivity contribution >= 4 is 17.7 Å². The summed E-state index contributed by atoms with van der Waals surface area (Å²) < 4.78 is 10.5. The van der Waals surface area contributed by atoms with Gasteiger partial charge in [0.1, 0.15) is 5.75 Å². The van der Waals surface area contributed by atoms with Gasteiger partial charge >= 0.3 is 12.0 Å². The van der Waals surface area contributed by atoms with Crippen molar-refractivity contribution in [2.45, 2.75) is 20.3 Å². The molecule has 0 bridgehead atoms. The molecular weight excluding hydrogens is 332 g/mol. The molecule has 2 N–H and O–H groups in total. The summed E-state index contributed by atoms with van der Waals surface area (Å²) in [6, 6.07) is 12.3. The fraction of sp³-hybridized carbons (Fsp3) is 0.300. The average molecular weight is 356 g/mol. The lowest BCUT2D eigenvalue weighted by atomic mass is 10.1. The van der Waals surface area contributed by atoms with Gasteiger partial charge in [-0.1, -0.05) is 24.3 Å². The molecule has 6 nitrogen and oxygen atoms in total. The number of para-hydroxylation sites is 1. The first-order chi connectivity index (χ1) is 12.5. The number of urea groups is 1. The molecule has 138 valence electrons. The molecule has 0 aliphatic carbocycles. The highest BCUT2D eigenvalue weighted by Gasteiger charge is 2.07. The number of aryl methyl sites for hydroxylation is 2. The SMILES string of the molecule is COC(=O)c1cccc(NC(=O)NCCCOc2c(C)cccc2C)c1. The van der Waals surface area contributed by atoms with Crippen LogP contribution in [0, 0.1) is 13.8 Å². The summed E-state index contributed by atoms with van der Waals surface area (Å²) in [5.74, 6) is 0.453. The summed E-state index contributed by atoms with van der Waals surface area (Å²) in [5, 5.41) is 5.45. The van der Waals surface area contributed by atoms with Gasteiger partial charge in [-0.15, -0.1) is 0 Å². The Hall–Kier alpha value is -3.02. The number of amides is 2. The highest BCUT2D eigenvalue weighted by Crippen LogP contribution is 2.22. The molecule has 0 fully saturated rings. The Morgan fingerprint density at radius 2 is 1.73 bits per heavy atom. The normalized spacial score (nSPS) is 10.1. The van der Waals surface area contributed by atoms with Gasteiger partial charge in [-0.3, -0.25) is 0 Å². The monoisotopic (exact) mass is 356 g/mol. The first-order valence-corrected chi connectivity index (χ1v) is 8.43. The largest absolute Gasteiger partial charge is 0.493 e. The van der Waals surface area contributed by atoms with Crippen LogP contribution >= 0.6 is 0 Å². The minimum Gasteiger partial charge on any atom is -0.493 e. The van der Waals surface area contributed by atoms with E-state index in [4.69, 9.17) is 4.74 Å². The molecule has 0 aliphatic heterocycles. The zero-order valence-electron chi connectivity index (χ0n) is 15.3. The quantitative estimate of drug-likeness (QED) is 0.586. The third-order valence-corrected chi connectivity index (χ3v) is 3.80. The second kappa shape index (κ2) is 9.46. The summed E-state index contributed by atoms with van der Waals surface area (Å²) in [6.07, 6.45) is 0.684. The zero-order valence-corrected chi connectivity index (χ0v) is 15.3. The molecule has 26 heavy (non-hydrogen) atoms. The Bertz CT molecular complexity index is 754. The number of benzene rings is 2. The van der Waals surface area contributed by atoms with Crippen LogP contribution in [0.5, 0.6) is 5.75 Å². The van der Waals surface area contributed by atoms with Gasteiger partial charge in [0.05, 0.1) is 19.3 Å². The van der Waals surface area contributed by atoms with Gasteiger partial charge < -0.3 is 20.1 Å². The summed E-state index contributed by atoms with van der Waals surface area (Å²) in [6.45, 7) is 5.02. The number of anilines is 1. The maximum Gasteiger partial charge on any atom is 0.337 e. The van der Waals surface area contributed by atoms with E-state index < -0.39 is 5.97 Å². The topological polar surface area (TPSA) is 76.7 Å². The van der Waals surface area contributed by atoms with Crippen LogP contribution in [0.3, 0.4) is 0 Å². The standard InChI is InChI=1S/C20H24N2O4/c1-14-7-4-8-15(2)18(14)26-12-6-11-21-20(24)22-17-10-5-9-16(13-17)19(23)25-3/h4-5,7-10,13H,6,11-12H2,1-3H3,(H2,21,22,24). The number of carbonyl (C=O) groups excluding carboxylic acids is 2. The van der Waals surface area contributed by atoms with Gasteiger partial charge in [0.15, 0.2) is 0 Å². The molecule has 0 aliphatic rings. The number of nitrogens with one attached hydrogen (secondary N) is 2. The number of hydrogen-bond donors (Lipinski definition) is 2. The van der Waals surface area contributed by atoms with Crippen molar-refractivity contribution < 1.29 is 19.1 Å². The third kappa shape index (κ3) is 5.51. The second-order valence-electron chi connectivity index (χ2n) is 5.88. The molecular formula is C20H24N2O4. The fourth-order valence-electron chi connectivity index (χ4n) is 2.49. The lowest BCUT2D eigenvalue weighted by Crippen LogP contribution is -2.30. The molecule has 2 amide bonds. The maximum atomic E-state index is 11.9.